The number of carbonyl (C=O) groups is 1. The number of esters is 1. The third-order valence-corrected chi connectivity index (χ3v) is 9.55. The van der Waals surface area contributed by atoms with Crippen LogP contribution in [0.1, 0.15) is 25.2 Å². The van der Waals surface area contributed by atoms with Crippen LogP contribution in [-0.4, -0.2) is 5.97 Å². The molecule has 7 heteroatoms. The van der Waals surface area contributed by atoms with Crippen molar-refractivity contribution in [3.8, 4) is 11.3 Å². The number of aryl methyl sites for hydroxylation is 1. The molecule has 44 heavy (non-hydrogen) atoms. The van der Waals surface area contributed by atoms with Gasteiger partial charge in [0.2, 0.25) is 11.2 Å². The van der Waals surface area contributed by atoms with E-state index in [0.717, 1.165) is 32.9 Å². The van der Waals surface area contributed by atoms with Gasteiger partial charge in [-0.1, -0.05) is 60.7 Å². The Balaban J connectivity index is 1.19. The highest BCUT2D eigenvalue weighted by atomic mass is 16.5. The van der Waals surface area contributed by atoms with Crippen LogP contribution in [0, 0.1) is 18.3 Å². The number of furan rings is 3. The second kappa shape index (κ2) is 8.51. The second-order valence-electron chi connectivity index (χ2n) is 11.8. The van der Waals surface area contributed by atoms with Crippen molar-refractivity contribution in [2.24, 2.45) is 11.3 Å². The minimum absolute atomic E-state index is 0.0157. The van der Waals surface area contributed by atoms with Crippen LogP contribution < -0.4 is 5.63 Å². The van der Waals surface area contributed by atoms with Gasteiger partial charge < -0.3 is 22.4 Å². The van der Waals surface area contributed by atoms with Crippen molar-refractivity contribution in [1.82, 2.24) is 0 Å². The minimum Gasteiger partial charge on any atom is -0.449 e. The summed E-state index contributed by atoms with van der Waals surface area (Å²) in [6.07, 6.45) is 12.1. The Labute approximate surface area is 249 Å². The zero-order valence-electron chi connectivity index (χ0n) is 24.0. The molecule has 9 rings (SSSR count). The average molecular weight is 581 g/mol. The van der Waals surface area contributed by atoms with E-state index >= 15 is 0 Å². The van der Waals surface area contributed by atoms with Crippen LogP contribution in [0.25, 0.3) is 61.0 Å². The minimum atomic E-state index is -0.568. The van der Waals surface area contributed by atoms with E-state index in [1.807, 2.05) is 74.5 Å². The fourth-order valence-corrected chi connectivity index (χ4v) is 7.17. The molecule has 0 fully saturated rings. The van der Waals surface area contributed by atoms with Crippen molar-refractivity contribution in [1.29, 1.82) is 0 Å². The summed E-state index contributed by atoms with van der Waals surface area (Å²) < 4.78 is 30.3. The summed E-state index contributed by atoms with van der Waals surface area (Å²) >= 11 is 0. The molecule has 0 bridgehead atoms. The van der Waals surface area contributed by atoms with Gasteiger partial charge in [0.1, 0.15) is 34.0 Å². The number of hydrogen-bond donors (Lipinski definition) is 0. The van der Waals surface area contributed by atoms with Crippen molar-refractivity contribution in [2.45, 2.75) is 20.8 Å². The first-order valence-electron chi connectivity index (χ1n) is 14.5. The van der Waals surface area contributed by atoms with Crippen LogP contribution in [0.3, 0.4) is 0 Å². The van der Waals surface area contributed by atoms with Crippen LogP contribution in [0.5, 0.6) is 0 Å². The summed E-state index contributed by atoms with van der Waals surface area (Å²) in [5, 5.41) is 2.87. The van der Waals surface area contributed by atoms with Gasteiger partial charge >= 0.3 is 11.6 Å². The molecule has 7 nitrogen and oxygen atoms in total. The van der Waals surface area contributed by atoms with E-state index in [-0.39, 0.29) is 5.92 Å². The lowest BCUT2D eigenvalue weighted by Crippen LogP contribution is -2.39. The number of fused-ring (bicyclic) bond motifs is 9. The summed E-state index contributed by atoms with van der Waals surface area (Å²) in [4.78, 5) is 26.6. The number of ether oxygens (including phenoxy) is 1. The molecule has 2 aromatic carbocycles. The van der Waals surface area contributed by atoms with E-state index in [2.05, 4.69) is 19.1 Å². The molecule has 0 spiro atoms. The molecule has 2 aliphatic carbocycles. The summed E-state index contributed by atoms with van der Waals surface area (Å²) in [6.45, 7) is 5.93. The molecule has 0 saturated heterocycles. The molecule has 4 aromatic heterocycles. The van der Waals surface area contributed by atoms with E-state index in [4.69, 9.17) is 22.4 Å². The molecule has 2 unspecified atom stereocenters. The Kier molecular flexibility index (Phi) is 4.83. The van der Waals surface area contributed by atoms with Crippen LogP contribution in [0.4, 0.5) is 0 Å². The number of benzene rings is 2. The van der Waals surface area contributed by atoms with Gasteiger partial charge in [-0.3, -0.25) is 0 Å². The smallest absolute Gasteiger partial charge is 0.347 e. The Bertz CT molecular complexity index is 2500. The van der Waals surface area contributed by atoms with Crippen LogP contribution in [-0.2, 0) is 9.53 Å². The molecule has 0 amide bonds. The molecular weight excluding hydrogens is 556 g/mol. The summed E-state index contributed by atoms with van der Waals surface area (Å²) in [5.41, 5.74) is 4.40. The fourth-order valence-electron chi connectivity index (χ4n) is 7.17. The maximum Gasteiger partial charge on any atom is 0.347 e. The van der Waals surface area contributed by atoms with E-state index in [9.17, 15) is 9.59 Å². The first-order chi connectivity index (χ1) is 21.3. The standard InChI is InChI=1S/C37H24O7/c1-18-30-22-10-6-4-8-20(22)12-14-24(30)43-35(38)31(18)25-16-27-33(41-25)34-28(40-27)17-26(42-34)32-19(2)37(3)23-11-7-5-9-21(23)13-15-29(37)44-36(32)39/h4-17,23H,1-3H3. The largest absolute Gasteiger partial charge is 0.449 e. The van der Waals surface area contributed by atoms with E-state index in [0.29, 0.717) is 56.3 Å². The highest BCUT2D eigenvalue weighted by molar-refractivity contribution is 6.19. The summed E-state index contributed by atoms with van der Waals surface area (Å²) in [7, 11) is 0. The molecule has 0 saturated carbocycles. The first-order valence-corrected chi connectivity index (χ1v) is 14.5. The normalized spacial score (nSPS) is 21.2. The van der Waals surface area contributed by atoms with Crippen LogP contribution in [0.15, 0.2) is 124 Å². The molecule has 3 aliphatic rings. The third kappa shape index (κ3) is 3.16. The number of allylic oxidation sites excluding steroid dienone is 8. The fraction of sp³-hybridized carbons (Fsp3) is 0.135. The van der Waals surface area contributed by atoms with E-state index in [1.165, 1.54) is 0 Å². The lowest BCUT2D eigenvalue weighted by atomic mass is 9.62. The van der Waals surface area contributed by atoms with Gasteiger partial charge in [0, 0.05) is 23.4 Å². The molecule has 5 heterocycles. The van der Waals surface area contributed by atoms with Crippen LogP contribution >= 0.6 is 0 Å². The summed E-state index contributed by atoms with van der Waals surface area (Å²) in [6, 6.07) is 15.1. The molecule has 0 radical (unpaired) electrons. The van der Waals surface area contributed by atoms with Gasteiger partial charge in [-0.25, -0.2) is 9.59 Å². The van der Waals surface area contributed by atoms with Crippen molar-refractivity contribution < 1.29 is 27.2 Å². The van der Waals surface area contributed by atoms with Gasteiger partial charge in [-0.2, -0.15) is 0 Å². The Morgan fingerprint density at radius 2 is 1.57 bits per heavy atom. The number of rotatable bonds is 2. The van der Waals surface area contributed by atoms with Gasteiger partial charge in [-0.15, -0.1) is 0 Å². The predicted molar refractivity (Wildman–Crippen MR) is 167 cm³/mol. The Morgan fingerprint density at radius 3 is 2.41 bits per heavy atom. The lowest BCUT2D eigenvalue weighted by molar-refractivity contribution is -0.135. The molecule has 214 valence electrons. The average Bonchev–Trinajstić information content (AvgIpc) is 3.69. The van der Waals surface area contributed by atoms with Gasteiger partial charge in [0.15, 0.2) is 11.2 Å². The molecule has 1 aliphatic heterocycles. The monoisotopic (exact) mass is 580 g/mol. The van der Waals surface area contributed by atoms with E-state index in [1.54, 1.807) is 12.1 Å². The van der Waals surface area contributed by atoms with Crippen LogP contribution in [0.2, 0.25) is 0 Å². The topological polar surface area (TPSA) is 95.9 Å². The summed E-state index contributed by atoms with van der Waals surface area (Å²) in [5.74, 6) is 0.793. The van der Waals surface area contributed by atoms with Crippen molar-refractivity contribution in [3.63, 3.8) is 0 Å². The SMILES string of the molecule is CC1=C(c2cc3oc4cc(-c5c(C)c6c(ccc7ccccc76)oc5=O)oc4c3o2)C(=O)OC2=CC=C3C=CC=CC3C21C. The lowest BCUT2D eigenvalue weighted by Gasteiger charge is -2.44. The van der Waals surface area contributed by atoms with Gasteiger partial charge in [0.05, 0.1) is 5.41 Å². The van der Waals surface area contributed by atoms with Crippen molar-refractivity contribution in [3.05, 3.63) is 124 Å². The molecular formula is C37H24O7. The van der Waals surface area contributed by atoms with Crippen molar-refractivity contribution in [2.75, 3.05) is 0 Å². The molecule has 0 N–H and O–H groups in total. The molecule has 2 atom stereocenters. The Morgan fingerprint density at radius 1 is 0.795 bits per heavy atom. The van der Waals surface area contributed by atoms with Gasteiger partial charge in [-0.05, 0) is 60.4 Å². The highest BCUT2D eigenvalue weighted by Crippen LogP contribution is 2.55. The first kappa shape index (κ1) is 25.0. The maximum atomic E-state index is 13.4. The third-order valence-electron chi connectivity index (χ3n) is 9.55. The van der Waals surface area contributed by atoms with E-state index < -0.39 is 17.0 Å². The highest BCUT2D eigenvalue weighted by Gasteiger charge is 2.49. The Hall–Kier alpha value is -5.56. The van der Waals surface area contributed by atoms with Gasteiger partial charge in [0.25, 0.3) is 0 Å². The quantitative estimate of drug-likeness (QED) is 0.115. The second-order valence-corrected chi connectivity index (χ2v) is 11.8. The molecule has 6 aromatic rings. The predicted octanol–water partition coefficient (Wildman–Crippen LogP) is 8.91. The number of hydrogen-bond acceptors (Lipinski definition) is 7. The maximum absolute atomic E-state index is 13.4. The van der Waals surface area contributed by atoms with Crippen molar-refractivity contribution >= 4 is 55.6 Å². The zero-order valence-corrected chi connectivity index (χ0v) is 24.0. The zero-order chi connectivity index (χ0) is 29.9. The number of carbonyl (C=O) groups excluding carboxylic acids is 1.